The van der Waals surface area contributed by atoms with Gasteiger partial charge in [-0.3, -0.25) is 9.59 Å². The van der Waals surface area contributed by atoms with Crippen molar-refractivity contribution in [2.45, 2.75) is 6.92 Å². The quantitative estimate of drug-likeness (QED) is 0.597. The van der Waals surface area contributed by atoms with Gasteiger partial charge in [-0.1, -0.05) is 0 Å². The van der Waals surface area contributed by atoms with Crippen molar-refractivity contribution in [3.8, 4) is 5.75 Å². The molecule has 74 valence electrons. The smallest absolute Gasteiger partial charge is 0.252 e. The molecule has 0 saturated heterocycles. The van der Waals surface area contributed by atoms with Gasteiger partial charge >= 0.3 is 0 Å². The predicted molar refractivity (Wildman–Crippen MR) is 50.9 cm³/mol. The molecule has 0 heterocycles. The molecular weight excluding hydrogens is 184 g/mol. The number of hydrogen-bond acceptors (Lipinski definition) is 3. The Bertz CT molecular complexity index is 388. The van der Waals surface area contributed by atoms with Crippen LogP contribution in [0, 0.1) is 0 Å². The van der Waals surface area contributed by atoms with Crippen LogP contribution in [-0.4, -0.2) is 16.9 Å². The Kier molecular flexibility index (Phi) is 2.71. The summed E-state index contributed by atoms with van der Waals surface area (Å²) >= 11 is 0. The fourth-order valence-corrected chi connectivity index (χ4v) is 1.01. The second-order valence-electron chi connectivity index (χ2n) is 2.78. The lowest BCUT2D eigenvalue weighted by Gasteiger charge is -2.04. The van der Waals surface area contributed by atoms with Gasteiger partial charge in [-0.2, -0.15) is 0 Å². The Balaban J connectivity index is 3.06. The standard InChI is InChI=1S/C9H10N2O3/c1-5(12)11-6-2-3-8(13)7(4-6)9(10)14/h2-4,13H,1H3,(H2,10,14)(H,11,12). The van der Waals surface area contributed by atoms with Crippen LogP contribution in [0.25, 0.3) is 0 Å². The van der Waals surface area contributed by atoms with Crippen LogP contribution in [0.1, 0.15) is 17.3 Å². The molecule has 4 N–H and O–H groups in total. The second-order valence-corrected chi connectivity index (χ2v) is 2.78. The third-order valence-corrected chi connectivity index (χ3v) is 1.58. The van der Waals surface area contributed by atoms with Gasteiger partial charge in [-0.15, -0.1) is 0 Å². The summed E-state index contributed by atoms with van der Waals surface area (Å²) in [5.74, 6) is -1.20. The molecule has 0 atom stereocenters. The maximum absolute atomic E-state index is 10.8. The number of aromatic hydroxyl groups is 1. The Labute approximate surface area is 80.5 Å². The zero-order chi connectivity index (χ0) is 10.7. The largest absolute Gasteiger partial charge is 0.507 e. The first kappa shape index (κ1) is 10.0. The van der Waals surface area contributed by atoms with E-state index in [2.05, 4.69) is 5.32 Å². The Morgan fingerprint density at radius 3 is 2.57 bits per heavy atom. The number of hydrogen-bond donors (Lipinski definition) is 3. The van der Waals surface area contributed by atoms with Crippen LogP contribution in [0.4, 0.5) is 5.69 Å². The second kappa shape index (κ2) is 3.78. The average molecular weight is 194 g/mol. The molecule has 0 aliphatic heterocycles. The Morgan fingerprint density at radius 1 is 1.43 bits per heavy atom. The van der Waals surface area contributed by atoms with E-state index in [-0.39, 0.29) is 17.2 Å². The van der Waals surface area contributed by atoms with E-state index in [1.54, 1.807) is 0 Å². The predicted octanol–water partition coefficient (Wildman–Crippen LogP) is 0.449. The molecule has 0 spiro atoms. The SMILES string of the molecule is CC(=O)Nc1ccc(O)c(C(N)=O)c1. The Hall–Kier alpha value is -2.04. The van der Waals surface area contributed by atoms with Crippen molar-refractivity contribution < 1.29 is 14.7 Å². The van der Waals surface area contributed by atoms with Gasteiger partial charge in [0, 0.05) is 12.6 Å². The summed E-state index contributed by atoms with van der Waals surface area (Å²) in [7, 11) is 0. The summed E-state index contributed by atoms with van der Waals surface area (Å²) < 4.78 is 0. The summed E-state index contributed by atoms with van der Waals surface area (Å²) in [5, 5.41) is 11.7. The number of nitrogens with two attached hydrogens (primary N) is 1. The lowest BCUT2D eigenvalue weighted by atomic mass is 10.1. The zero-order valence-electron chi connectivity index (χ0n) is 7.57. The number of nitrogens with one attached hydrogen (secondary N) is 1. The van der Waals surface area contributed by atoms with E-state index in [1.165, 1.54) is 25.1 Å². The van der Waals surface area contributed by atoms with Crippen molar-refractivity contribution in [1.82, 2.24) is 0 Å². The molecule has 5 nitrogen and oxygen atoms in total. The molecule has 0 bridgehead atoms. The van der Waals surface area contributed by atoms with Crippen LogP contribution in [0.3, 0.4) is 0 Å². The van der Waals surface area contributed by atoms with E-state index in [0.29, 0.717) is 5.69 Å². The first-order valence-electron chi connectivity index (χ1n) is 3.91. The van der Waals surface area contributed by atoms with Gasteiger partial charge in [0.1, 0.15) is 5.75 Å². The van der Waals surface area contributed by atoms with E-state index in [4.69, 9.17) is 5.73 Å². The summed E-state index contributed by atoms with van der Waals surface area (Å²) in [6.07, 6.45) is 0. The number of benzene rings is 1. The van der Waals surface area contributed by atoms with Gasteiger partial charge in [0.2, 0.25) is 5.91 Å². The summed E-state index contributed by atoms with van der Waals surface area (Å²) in [4.78, 5) is 21.5. The normalized spacial score (nSPS) is 9.50. The minimum absolute atomic E-state index is 0.0174. The number of anilines is 1. The molecule has 0 aromatic heterocycles. The molecule has 5 heteroatoms. The van der Waals surface area contributed by atoms with Gasteiger partial charge in [0.15, 0.2) is 0 Å². The highest BCUT2D eigenvalue weighted by molar-refractivity contribution is 5.98. The summed E-state index contributed by atoms with van der Waals surface area (Å²) in [6.45, 7) is 1.34. The average Bonchev–Trinajstić information content (AvgIpc) is 2.07. The van der Waals surface area contributed by atoms with Gasteiger partial charge in [-0.25, -0.2) is 0 Å². The van der Waals surface area contributed by atoms with Crippen molar-refractivity contribution in [3.63, 3.8) is 0 Å². The van der Waals surface area contributed by atoms with Crippen molar-refractivity contribution in [1.29, 1.82) is 0 Å². The third kappa shape index (κ3) is 2.22. The first-order valence-corrected chi connectivity index (χ1v) is 3.91. The number of amides is 2. The van der Waals surface area contributed by atoms with Gasteiger partial charge in [-0.05, 0) is 18.2 Å². The van der Waals surface area contributed by atoms with Crippen LogP contribution in [0.5, 0.6) is 5.75 Å². The lowest BCUT2D eigenvalue weighted by Crippen LogP contribution is -2.12. The lowest BCUT2D eigenvalue weighted by molar-refractivity contribution is -0.114. The number of carbonyl (C=O) groups excluding carboxylic acids is 2. The van der Waals surface area contributed by atoms with Crippen LogP contribution in [-0.2, 0) is 4.79 Å². The summed E-state index contributed by atoms with van der Waals surface area (Å²) in [6, 6.07) is 4.09. The van der Waals surface area contributed by atoms with E-state index in [1.807, 2.05) is 0 Å². The van der Waals surface area contributed by atoms with Crippen LogP contribution in [0.15, 0.2) is 18.2 Å². The number of rotatable bonds is 2. The fraction of sp³-hybridized carbons (Fsp3) is 0.111. The number of carbonyl (C=O) groups is 2. The molecule has 0 aliphatic rings. The molecule has 0 unspecified atom stereocenters. The Morgan fingerprint density at radius 2 is 2.07 bits per heavy atom. The molecule has 2 amide bonds. The highest BCUT2D eigenvalue weighted by atomic mass is 16.3. The van der Waals surface area contributed by atoms with Crippen molar-refractivity contribution >= 4 is 17.5 Å². The third-order valence-electron chi connectivity index (χ3n) is 1.58. The minimum Gasteiger partial charge on any atom is -0.507 e. The molecule has 1 aromatic carbocycles. The molecule has 1 aromatic rings. The van der Waals surface area contributed by atoms with Gasteiger partial charge < -0.3 is 16.2 Å². The zero-order valence-corrected chi connectivity index (χ0v) is 7.57. The monoisotopic (exact) mass is 194 g/mol. The van der Waals surface area contributed by atoms with Crippen molar-refractivity contribution in [3.05, 3.63) is 23.8 Å². The molecule has 0 radical (unpaired) electrons. The topological polar surface area (TPSA) is 92.4 Å². The molecule has 14 heavy (non-hydrogen) atoms. The highest BCUT2D eigenvalue weighted by Gasteiger charge is 2.08. The van der Waals surface area contributed by atoms with E-state index >= 15 is 0 Å². The number of primary amides is 1. The maximum Gasteiger partial charge on any atom is 0.252 e. The molecule has 0 fully saturated rings. The van der Waals surface area contributed by atoms with Crippen molar-refractivity contribution in [2.75, 3.05) is 5.32 Å². The molecule has 0 saturated carbocycles. The summed E-state index contributed by atoms with van der Waals surface area (Å²) in [5.41, 5.74) is 5.41. The first-order chi connectivity index (χ1) is 6.50. The maximum atomic E-state index is 10.8. The minimum atomic E-state index is -0.741. The van der Waals surface area contributed by atoms with E-state index in [0.717, 1.165) is 0 Å². The molecular formula is C9H10N2O3. The number of phenols is 1. The van der Waals surface area contributed by atoms with E-state index < -0.39 is 5.91 Å². The van der Waals surface area contributed by atoms with Gasteiger partial charge in [0.05, 0.1) is 5.56 Å². The molecule has 1 rings (SSSR count). The van der Waals surface area contributed by atoms with Gasteiger partial charge in [0.25, 0.3) is 5.91 Å². The molecule has 0 aliphatic carbocycles. The van der Waals surface area contributed by atoms with Crippen LogP contribution in [0.2, 0.25) is 0 Å². The van der Waals surface area contributed by atoms with Crippen LogP contribution >= 0.6 is 0 Å². The fourth-order valence-electron chi connectivity index (χ4n) is 1.01. The highest BCUT2D eigenvalue weighted by Crippen LogP contribution is 2.20. The van der Waals surface area contributed by atoms with Crippen LogP contribution < -0.4 is 11.1 Å². The van der Waals surface area contributed by atoms with E-state index in [9.17, 15) is 14.7 Å². The van der Waals surface area contributed by atoms with Crippen molar-refractivity contribution in [2.24, 2.45) is 5.73 Å².